The maximum atomic E-state index is 13.7. The Bertz CT molecular complexity index is 716. The number of primary amides is 2. The summed E-state index contributed by atoms with van der Waals surface area (Å²) < 4.78 is 52.3. The van der Waals surface area contributed by atoms with E-state index in [9.17, 15) is 26.8 Å². The van der Waals surface area contributed by atoms with E-state index < -0.39 is 63.3 Å². The number of hydrogen-bond acceptors (Lipinski definition) is 4. The van der Waals surface area contributed by atoms with Crippen molar-refractivity contribution < 1.29 is 26.8 Å². The summed E-state index contributed by atoms with van der Waals surface area (Å²) in [6.45, 7) is -0.831. The molecule has 0 radical (unpaired) electrons. The summed E-state index contributed by atoms with van der Waals surface area (Å²) in [5.74, 6) is -6.06. The average Bonchev–Trinajstić information content (AvgIpc) is 2.87. The van der Waals surface area contributed by atoms with E-state index in [2.05, 4.69) is 0 Å². The lowest BCUT2D eigenvalue weighted by molar-refractivity contribution is -0.129. The van der Waals surface area contributed by atoms with Crippen molar-refractivity contribution in [3.63, 3.8) is 0 Å². The molecule has 1 aliphatic rings. The summed E-state index contributed by atoms with van der Waals surface area (Å²) in [5.41, 5.74) is 10.2. The summed E-state index contributed by atoms with van der Waals surface area (Å²) in [5, 5.41) is 0. The Hall–Kier alpha value is -2.07. The third-order valence-electron chi connectivity index (χ3n) is 3.53. The van der Waals surface area contributed by atoms with Gasteiger partial charge in [0.2, 0.25) is 21.8 Å². The van der Waals surface area contributed by atoms with Gasteiger partial charge in [-0.05, 0) is 18.2 Å². The first kappa shape index (κ1) is 16.3. The molecule has 1 fully saturated rings. The van der Waals surface area contributed by atoms with Gasteiger partial charge in [0.05, 0.1) is 11.8 Å². The lowest BCUT2D eigenvalue weighted by atomic mass is 9.95. The smallest absolute Gasteiger partial charge is 0.246 e. The van der Waals surface area contributed by atoms with Crippen molar-refractivity contribution in [3.05, 3.63) is 29.8 Å². The standard InChI is InChI=1S/C12H13F2N3O4S/c13-6-1-2-9(14)10(3-6)22(20,21)17-4-7(11(15)18)8(5-17)12(16)19/h1-3,7-8H,4-5H2,(H2,15,18)(H2,16,19). The van der Waals surface area contributed by atoms with Gasteiger partial charge >= 0.3 is 0 Å². The molecule has 1 heterocycles. The van der Waals surface area contributed by atoms with E-state index in [4.69, 9.17) is 11.5 Å². The van der Waals surface area contributed by atoms with Crippen molar-refractivity contribution in [2.75, 3.05) is 13.1 Å². The normalized spacial score (nSPS) is 22.6. The largest absolute Gasteiger partial charge is 0.369 e. The van der Waals surface area contributed by atoms with Gasteiger partial charge in [-0.25, -0.2) is 17.2 Å². The van der Waals surface area contributed by atoms with Gasteiger partial charge in [-0.3, -0.25) is 9.59 Å². The molecular formula is C12H13F2N3O4S. The van der Waals surface area contributed by atoms with E-state index in [1.807, 2.05) is 0 Å². The van der Waals surface area contributed by atoms with Gasteiger partial charge in [0.15, 0.2) is 0 Å². The van der Waals surface area contributed by atoms with Crippen LogP contribution in [0.15, 0.2) is 23.1 Å². The molecule has 1 saturated heterocycles. The van der Waals surface area contributed by atoms with Crippen LogP contribution in [0, 0.1) is 23.5 Å². The van der Waals surface area contributed by atoms with Crippen molar-refractivity contribution in [1.82, 2.24) is 4.31 Å². The number of nitrogens with zero attached hydrogens (tertiary/aromatic N) is 1. The summed E-state index contributed by atoms with van der Waals surface area (Å²) in [7, 11) is -4.42. The van der Waals surface area contributed by atoms with Crippen molar-refractivity contribution >= 4 is 21.8 Å². The highest BCUT2D eigenvalue weighted by Gasteiger charge is 2.45. The van der Waals surface area contributed by atoms with Gasteiger partial charge < -0.3 is 11.5 Å². The second-order valence-corrected chi connectivity index (χ2v) is 6.82. The predicted octanol–water partition coefficient (Wildman–Crippen LogP) is -0.828. The van der Waals surface area contributed by atoms with E-state index >= 15 is 0 Å². The Morgan fingerprint density at radius 1 is 1.09 bits per heavy atom. The van der Waals surface area contributed by atoms with Crippen molar-refractivity contribution in [2.24, 2.45) is 23.3 Å². The van der Waals surface area contributed by atoms with Gasteiger partial charge in [0.25, 0.3) is 0 Å². The number of halogens is 2. The van der Waals surface area contributed by atoms with Crippen LogP contribution in [-0.4, -0.2) is 37.6 Å². The third-order valence-corrected chi connectivity index (χ3v) is 5.37. The molecule has 120 valence electrons. The number of amides is 2. The predicted molar refractivity (Wildman–Crippen MR) is 70.5 cm³/mol. The van der Waals surface area contributed by atoms with Crippen LogP contribution in [-0.2, 0) is 19.6 Å². The van der Waals surface area contributed by atoms with Crippen LogP contribution in [0.2, 0.25) is 0 Å². The van der Waals surface area contributed by atoms with Crippen molar-refractivity contribution in [1.29, 1.82) is 0 Å². The van der Waals surface area contributed by atoms with Gasteiger partial charge in [0, 0.05) is 13.1 Å². The van der Waals surface area contributed by atoms with E-state index in [1.165, 1.54) is 0 Å². The van der Waals surface area contributed by atoms with Crippen molar-refractivity contribution in [3.8, 4) is 0 Å². The number of hydrogen-bond donors (Lipinski definition) is 2. The number of nitrogens with two attached hydrogens (primary N) is 2. The zero-order valence-electron chi connectivity index (χ0n) is 11.2. The minimum Gasteiger partial charge on any atom is -0.369 e. The molecule has 0 saturated carbocycles. The van der Waals surface area contributed by atoms with Crippen LogP contribution >= 0.6 is 0 Å². The van der Waals surface area contributed by atoms with E-state index in [1.54, 1.807) is 0 Å². The number of rotatable bonds is 4. The van der Waals surface area contributed by atoms with Gasteiger partial charge in [0.1, 0.15) is 16.5 Å². The Labute approximate surface area is 124 Å². The summed E-state index contributed by atoms with van der Waals surface area (Å²) >= 11 is 0. The topological polar surface area (TPSA) is 124 Å². The van der Waals surface area contributed by atoms with Gasteiger partial charge in [-0.2, -0.15) is 4.31 Å². The van der Waals surface area contributed by atoms with Gasteiger partial charge in [-0.15, -0.1) is 0 Å². The molecule has 1 aromatic rings. The van der Waals surface area contributed by atoms with Crippen molar-refractivity contribution in [2.45, 2.75) is 4.90 Å². The van der Waals surface area contributed by atoms with Crippen LogP contribution in [0.3, 0.4) is 0 Å². The average molecular weight is 333 g/mol. The molecule has 2 rings (SSSR count). The van der Waals surface area contributed by atoms with Crippen LogP contribution in [0.1, 0.15) is 0 Å². The molecule has 22 heavy (non-hydrogen) atoms. The zero-order valence-corrected chi connectivity index (χ0v) is 12.0. The zero-order chi connectivity index (χ0) is 16.7. The summed E-state index contributed by atoms with van der Waals surface area (Å²) in [6.07, 6.45) is 0. The highest BCUT2D eigenvalue weighted by Crippen LogP contribution is 2.29. The molecule has 4 N–H and O–H groups in total. The monoisotopic (exact) mass is 333 g/mol. The van der Waals surface area contributed by atoms with E-state index in [-0.39, 0.29) is 0 Å². The molecule has 0 spiro atoms. The maximum Gasteiger partial charge on any atom is 0.246 e. The Balaban J connectivity index is 2.41. The number of benzene rings is 1. The molecule has 2 unspecified atom stereocenters. The van der Waals surface area contributed by atoms with Crippen LogP contribution in [0.4, 0.5) is 8.78 Å². The fraction of sp³-hybridized carbons (Fsp3) is 0.333. The lowest BCUT2D eigenvalue weighted by Gasteiger charge is -2.16. The molecule has 0 bridgehead atoms. The molecule has 7 nitrogen and oxygen atoms in total. The van der Waals surface area contributed by atoms with Gasteiger partial charge in [-0.1, -0.05) is 0 Å². The Kier molecular flexibility index (Phi) is 4.16. The molecule has 0 aromatic heterocycles. The second kappa shape index (κ2) is 5.61. The highest BCUT2D eigenvalue weighted by atomic mass is 32.2. The summed E-state index contributed by atoms with van der Waals surface area (Å²) in [4.78, 5) is 21.7. The Morgan fingerprint density at radius 2 is 1.59 bits per heavy atom. The third kappa shape index (κ3) is 2.79. The maximum absolute atomic E-state index is 13.7. The highest BCUT2D eigenvalue weighted by molar-refractivity contribution is 7.89. The molecule has 1 aliphatic heterocycles. The van der Waals surface area contributed by atoms with Crippen LogP contribution in [0.25, 0.3) is 0 Å². The first-order chi connectivity index (χ1) is 10.1. The van der Waals surface area contributed by atoms with Crippen LogP contribution < -0.4 is 11.5 Å². The fourth-order valence-electron chi connectivity index (χ4n) is 2.35. The molecule has 2 amide bonds. The number of carbonyl (C=O) groups is 2. The number of sulfonamides is 1. The molecule has 1 aromatic carbocycles. The minimum atomic E-state index is -4.42. The second-order valence-electron chi connectivity index (χ2n) is 4.91. The van der Waals surface area contributed by atoms with Crippen LogP contribution in [0.5, 0.6) is 0 Å². The lowest BCUT2D eigenvalue weighted by Crippen LogP contribution is -2.36. The summed E-state index contributed by atoms with van der Waals surface area (Å²) in [6, 6.07) is 1.98. The number of carbonyl (C=O) groups excluding carboxylic acids is 2. The minimum absolute atomic E-state index is 0.415. The SMILES string of the molecule is NC(=O)C1CN(S(=O)(=O)c2cc(F)ccc2F)CC1C(N)=O. The first-order valence-corrected chi connectivity index (χ1v) is 7.62. The molecule has 10 heteroatoms. The Morgan fingerprint density at radius 3 is 2.05 bits per heavy atom. The quantitative estimate of drug-likeness (QED) is 0.746. The molecular weight excluding hydrogens is 320 g/mol. The fourth-order valence-corrected chi connectivity index (χ4v) is 3.92. The van der Waals surface area contributed by atoms with E-state index in [0.29, 0.717) is 16.4 Å². The first-order valence-electron chi connectivity index (χ1n) is 6.18. The van der Waals surface area contributed by atoms with E-state index in [0.717, 1.165) is 6.07 Å². The molecule has 2 atom stereocenters. The molecule has 0 aliphatic carbocycles.